The van der Waals surface area contributed by atoms with Crippen LogP contribution in [0.1, 0.15) is 29.2 Å². The van der Waals surface area contributed by atoms with Gasteiger partial charge in [0, 0.05) is 18.8 Å². The van der Waals surface area contributed by atoms with Crippen molar-refractivity contribution >= 4 is 33.4 Å². The van der Waals surface area contributed by atoms with Crippen molar-refractivity contribution in [2.45, 2.75) is 29.2 Å². The van der Waals surface area contributed by atoms with Crippen molar-refractivity contribution in [3.8, 4) is 0 Å². The summed E-state index contributed by atoms with van der Waals surface area (Å²) in [6.07, 6.45) is 1.71. The number of hydrogen-bond donors (Lipinski definition) is 1. The second-order valence-electron chi connectivity index (χ2n) is 5.93. The van der Waals surface area contributed by atoms with E-state index >= 15 is 0 Å². The van der Waals surface area contributed by atoms with Gasteiger partial charge in [-0.15, -0.1) is 0 Å². The molecular formula is C17H18F2N2O4S2. The summed E-state index contributed by atoms with van der Waals surface area (Å²) in [5.74, 6) is -2.82. The van der Waals surface area contributed by atoms with E-state index in [-0.39, 0.29) is 22.2 Å². The molecule has 1 saturated heterocycles. The highest BCUT2D eigenvalue weighted by Gasteiger charge is 2.27. The van der Waals surface area contributed by atoms with Crippen LogP contribution in [0, 0.1) is 0 Å². The maximum atomic E-state index is 12.5. The van der Waals surface area contributed by atoms with Crippen LogP contribution in [0.15, 0.2) is 45.7 Å². The van der Waals surface area contributed by atoms with Crippen molar-refractivity contribution < 1.29 is 26.4 Å². The van der Waals surface area contributed by atoms with Crippen molar-refractivity contribution in [2.75, 3.05) is 18.4 Å². The minimum Gasteiger partial charge on any atom is -0.455 e. The summed E-state index contributed by atoms with van der Waals surface area (Å²) < 4.78 is 56.0. The fraction of sp³-hybridized carbons (Fsp3) is 0.353. The van der Waals surface area contributed by atoms with Crippen LogP contribution < -0.4 is 5.32 Å². The van der Waals surface area contributed by atoms with Gasteiger partial charge in [0.2, 0.25) is 10.0 Å². The van der Waals surface area contributed by atoms with Gasteiger partial charge in [-0.1, -0.05) is 11.8 Å². The summed E-state index contributed by atoms with van der Waals surface area (Å²) in [5, 5.41) is 2.59. The number of hydrogen-bond acceptors (Lipinski definition) is 5. The van der Waals surface area contributed by atoms with E-state index < -0.39 is 21.7 Å². The largest absolute Gasteiger partial charge is 0.455 e. The second kappa shape index (κ2) is 8.41. The molecule has 6 nitrogen and oxygen atoms in total. The molecule has 0 atom stereocenters. The van der Waals surface area contributed by atoms with Gasteiger partial charge in [0.15, 0.2) is 5.76 Å². The van der Waals surface area contributed by atoms with E-state index in [1.54, 1.807) is 0 Å². The van der Waals surface area contributed by atoms with Crippen molar-refractivity contribution in [3.63, 3.8) is 0 Å². The Balaban J connectivity index is 1.63. The molecule has 0 bridgehead atoms. The van der Waals surface area contributed by atoms with Gasteiger partial charge in [0.05, 0.1) is 10.6 Å². The van der Waals surface area contributed by atoms with Crippen LogP contribution in [-0.2, 0) is 15.8 Å². The number of furan rings is 1. The highest BCUT2D eigenvalue weighted by atomic mass is 32.2. The molecule has 1 aromatic carbocycles. The third kappa shape index (κ3) is 4.88. The van der Waals surface area contributed by atoms with Crippen LogP contribution in [0.25, 0.3) is 0 Å². The first-order valence-electron chi connectivity index (χ1n) is 8.26. The number of anilines is 1. The first kappa shape index (κ1) is 19.8. The number of alkyl halides is 2. The Morgan fingerprint density at radius 3 is 2.44 bits per heavy atom. The lowest BCUT2D eigenvalue weighted by molar-refractivity contribution is 0.0995. The Bertz CT molecular complexity index is 892. The number of halogens is 2. The topological polar surface area (TPSA) is 79.6 Å². The van der Waals surface area contributed by atoms with Crippen LogP contribution >= 0.6 is 11.8 Å². The van der Waals surface area contributed by atoms with Crippen molar-refractivity contribution in [2.24, 2.45) is 0 Å². The van der Waals surface area contributed by atoms with Gasteiger partial charge in [-0.2, -0.15) is 13.1 Å². The molecule has 1 N–H and O–H groups in total. The molecule has 27 heavy (non-hydrogen) atoms. The SMILES string of the molecule is O=C(Nc1ccc(S(=O)(=O)N2CCCC2)cc1)c1ccc(CSC(F)F)o1. The molecule has 0 aliphatic carbocycles. The second-order valence-corrected chi connectivity index (χ2v) is 8.84. The Morgan fingerprint density at radius 1 is 1.15 bits per heavy atom. The van der Waals surface area contributed by atoms with Gasteiger partial charge in [-0.05, 0) is 49.2 Å². The van der Waals surface area contributed by atoms with E-state index in [1.165, 1.54) is 40.7 Å². The molecule has 2 heterocycles. The summed E-state index contributed by atoms with van der Waals surface area (Å²) in [4.78, 5) is 12.3. The summed E-state index contributed by atoms with van der Waals surface area (Å²) in [6.45, 7) is 1.04. The molecule has 0 unspecified atom stereocenters. The molecule has 0 radical (unpaired) electrons. The zero-order valence-electron chi connectivity index (χ0n) is 14.2. The number of thioether (sulfide) groups is 1. The third-order valence-corrected chi connectivity index (χ3v) is 6.67. The number of benzene rings is 1. The molecular weight excluding hydrogens is 398 g/mol. The fourth-order valence-electron chi connectivity index (χ4n) is 2.70. The average Bonchev–Trinajstić information content (AvgIpc) is 3.32. The molecule has 2 aromatic rings. The van der Waals surface area contributed by atoms with Crippen LogP contribution in [0.5, 0.6) is 0 Å². The molecule has 3 rings (SSSR count). The molecule has 1 aliphatic heterocycles. The number of carbonyl (C=O) groups excluding carboxylic acids is 1. The van der Waals surface area contributed by atoms with Gasteiger partial charge in [-0.3, -0.25) is 4.79 Å². The number of rotatable bonds is 7. The predicted molar refractivity (Wildman–Crippen MR) is 98.4 cm³/mol. The van der Waals surface area contributed by atoms with Crippen LogP contribution in [0.3, 0.4) is 0 Å². The molecule has 1 aliphatic rings. The van der Waals surface area contributed by atoms with Gasteiger partial charge in [-0.25, -0.2) is 8.42 Å². The quantitative estimate of drug-likeness (QED) is 0.743. The average molecular weight is 416 g/mol. The molecule has 1 amide bonds. The van der Waals surface area contributed by atoms with Crippen molar-refractivity contribution in [1.29, 1.82) is 0 Å². The lowest BCUT2D eigenvalue weighted by Crippen LogP contribution is -2.27. The molecule has 1 fully saturated rings. The number of carbonyl (C=O) groups is 1. The monoisotopic (exact) mass is 416 g/mol. The minimum atomic E-state index is -3.51. The van der Waals surface area contributed by atoms with Crippen molar-refractivity contribution in [1.82, 2.24) is 4.31 Å². The zero-order valence-corrected chi connectivity index (χ0v) is 15.9. The molecule has 146 valence electrons. The standard InChI is InChI=1S/C17H18F2N2O4S2/c18-17(19)26-11-13-5-8-15(25-13)16(22)20-12-3-6-14(7-4-12)27(23,24)21-9-1-2-10-21/h3-8,17H,1-2,9-11H2,(H,20,22). The van der Waals surface area contributed by atoms with E-state index in [0.29, 0.717) is 30.5 Å². The number of nitrogens with one attached hydrogen (secondary N) is 1. The summed E-state index contributed by atoms with van der Waals surface area (Å²) >= 11 is 0.408. The lowest BCUT2D eigenvalue weighted by Gasteiger charge is -2.15. The van der Waals surface area contributed by atoms with E-state index in [4.69, 9.17) is 4.42 Å². The molecule has 0 saturated carbocycles. The van der Waals surface area contributed by atoms with Crippen LogP contribution in [0.4, 0.5) is 14.5 Å². The maximum absolute atomic E-state index is 12.5. The maximum Gasteiger partial charge on any atom is 0.291 e. The Hall–Kier alpha value is -1.91. The third-order valence-electron chi connectivity index (χ3n) is 4.05. The minimum absolute atomic E-state index is 0.00590. The summed E-state index contributed by atoms with van der Waals surface area (Å²) in [6, 6.07) is 8.75. The zero-order chi connectivity index (χ0) is 19.4. The number of nitrogens with zero attached hydrogens (tertiary/aromatic N) is 1. The Kier molecular flexibility index (Phi) is 6.18. The summed E-state index contributed by atoms with van der Waals surface area (Å²) in [5.41, 5.74) is 0.403. The van der Waals surface area contributed by atoms with E-state index in [2.05, 4.69) is 5.32 Å². The van der Waals surface area contributed by atoms with E-state index in [9.17, 15) is 22.0 Å². The smallest absolute Gasteiger partial charge is 0.291 e. The van der Waals surface area contributed by atoms with E-state index in [1.807, 2.05) is 0 Å². The van der Waals surface area contributed by atoms with Gasteiger partial charge in [0.25, 0.3) is 11.7 Å². The van der Waals surface area contributed by atoms with Crippen LogP contribution in [0.2, 0.25) is 0 Å². The summed E-state index contributed by atoms with van der Waals surface area (Å²) in [7, 11) is -3.51. The van der Waals surface area contributed by atoms with Gasteiger partial charge in [0.1, 0.15) is 5.76 Å². The highest BCUT2D eigenvalue weighted by Crippen LogP contribution is 2.24. The Labute approximate surface area is 160 Å². The molecule has 1 aromatic heterocycles. The highest BCUT2D eigenvalue weighted by molar-refractivity contribution is 7.98. The van der Waals surface area contributed by atoms with Gasteiger partial charge >= 0.3 is 0 Å². The van der Waals surface area contributed by atoms with Crippen molar-refractivity contribution in [3.05, 3.63) is 47.9 Å². The number of amides is 1. The first-order chi connectivity index (χ1) is 12.9. The van der Waals surface area contributed by atoms with Crippen LogP contribution in [-0.4, -0.2) is 37.5 Å². The first-order valence-corrected chi connectivity index (χ1v) is 10.8. The lowest BCUT2D eigenvalue weighted by atomic mass is 10.3. The van der Waals surface area contributed by atoms with Gasteiger partial charge < -0.3 is 9.73 Å². The fourth-order valence-corrected chi connectivity index (χ4v) is 4.67. The Morgan fingerprint density at radius 2 is 1.81 bits per heavy atom. The normalized spacial score (nSPS) is 15.4. The predicted octanol–water partition coefficient (Wildman–Crippen LogP) is 3.77. The van der Waals surface area contributed by atoms with E-state index in [0.717, 1.165) is 12.8 Å². The molecule has 10 heteroatoms. The molecule has 0 spiro atoms. The number of sulfonamides is 1.